The fourth-order valence-electron chi connectivity index (χ4n) is 3.63. The van der Waals surface area contributed by atoms with Crippen molar-refractivity contribution in [1.82, 2.24) is 5.32 Å². The van der Waals surface area contributed by atoms with Crippen molar-refractivity contribution in [2.75, 3.05) is 0 Å². The summed E-state index contributed by atoms with van der Waals surface area (Å²) in [6.45, 7) is 0. The van der Waals surface area contributed by atoms with Gasteiger partial charge in [0.05, 0.1) is 0 Å². The molecule has 3 aliphatic heterocycles. The first-order valence-corrected chi connectivity index (χ1v) is 5.12. The maximum Gasteiger partial charge on any atom is 0.0204 e. The van der Waals surface area contributed by atoms with Crippen LogP contribution in [0.25, 0.3) is 0 Å². The van der Waals surface area contributed by atoms with Gasteiger partial charge in [0.25, 0.3) is 0 Å². The molecule has 2 bridgehead atoms. The third kappa shape index (κ3) is 0.752. The molecule has 1 nitrogen and oxygen atoms in total. The number of nitrogens with one attached hydrogen (secondary N) is 1. The van der Waals surface area contributed by atoms with Crippen LogP contribution in [0.5, 0.6) is 0 Å². The fraction of sp³-hybridized carbons (Fsp3) is 1.00. The number of fused-ring (bicyclic) bond motifs is 5. The molecule has 5 rings (SSSR count). The van der Waals surface area contributed by atoms with E-state index < -0.39 is 0 Å². The lowest BCUT2D eigenvalue weighted by atomic mass is 9.73. The zero-order valence-electron chi connectivity index (χ0n) is 7.16. The Kier molecular flexibility index (Phi) is 1.07. The normalized spacial score (nSPS) is 54.5. The quantitative estimate of drug-likeness (QED) is 0.559. The summed E-state index contributed by atoms with van der Waals surface area (Å²) >= 11 is 0. The van der Waals surface area contributed by atoms with E-state index in [2.05, 4.69) is 5.32 Å². The van der Waals surface area contributed by atoms with Crippen molar-refractivity contribution in [3.63, 3.8) is 0 Å². The van der Waals surface area contributed by atoms with Crippen LogP contribution in [-0.2, 0) is 0 Å². The summed E-state index contributed by atoms with van der Waals surface area (Å²) in [5, 5.41) is 3.85. The zero-order valence-corrected chi connectivity index (χ0v) is 7.16. The summed E-state index contributed by atoms with van der Waals surface area (Å²) in [5.74, 6) is 0. The van der Waals surface area contributed by atoms with E-state index in [9.17, 15) is 0 Å². The van der Waals surface area contributed by atoms with Crippen LogP contribution in [0, 0.1) is 0 Å². The highest BCUT2D eigenvalue weighted by molar-refractivity contribution is 5.20. The Labute approximate surface area is 68.6 Å². The lowest BCUT2D eigenvalue weighted by Gasteiger charge is -2.51. The van der Waals surface area contributed by atoms with E-state index in [1.54, 1.807) is 0 Å². The van der Waals surface area contributed by atoms with Gasteiger partial charge in [0, 0.05) is 11.1 Å². The first kappa shape index (κ1) is 6.47. The highest BCUT2D eigenvalue weighted by Gasteiger charge is 2.59. The molecule has 1 N–H and O–H groups in total. The van der Waals surface area contributed by atoms with Crippen molar-refractivity contribution in [3.05, 3.63) is 0 Å². The average molecular weight is 151 g/mol. The molecule has 0 spiro atoms. The van der Waals surface area contributed by atoms with Crippen molar-refractivity contribution in [2.45, 2.75) is 62.4 Å². The average Bonchev–Trinajstić information content (AvgIpc) is 2.34. The molecule has 0 aromatic rings. The topological polar surface area (TPSA) is 12.0 Å². The molecule has 2 unspecified atom stereocenters. The molecule has 5 fully saturated rings. The molecule has 1 heteroatoms. The van der Waals surface area contributed by atoms with Gasteiger partial charge in [-0.15, -0.1) is 0 Å². The van der Waals surface area contributed by atoms with Gasteiger partial charge >= 0.3 is 0 Å². The molecule has 0 amide bonds. The van der Waals surface area contributed by atoms with Crippen molar-refractivity contribution in [2.24, 2.45) is 0 Å². The van der Waals surface area contributed by atoms with E-state index >= 15 is 0 Å². The second-order valence-corrected chi connectivity index (χ2v) is 4.92. The van der Waals surface area contributed by atoms with Crippen LogP contribution in [-0.4, -0.2) is 11.1 Å². The minimum Gasteiger partial charge on any atom is -0.306 e. The molecule has 3 saturated heterocycles. The third-order valence-corrected chi connectivity index (χ3v) is 4.10. The van der Waals surface area contributed by atoms with Crippen LogP contribution in [0.3, 0.4) is 0 Å². The largest absolute Gasteiger partial charge is 0.306 e. The number of rotatable bonds is 0. The summed E-state index contributed by atoms with van der Waals surface area (Å²) in [7, 11) is 0. The maximum atomic E-state index is 3.85. The molecule has 11 heavy (non-hydrogen) atoms. The van der Waals surface area contributed by atoms with Gasteiger partial charge in [-0.3, -0.25) is 0 Å². The molecule has 2 saturated carbocycles. The third-order valence-electron chi connectivity index (χ3n) is 4.10. The van der Waals surface area contributed by atoms with Crippen LogP contribution >= 0.6 is 0 Å². The Bertz CT molecular complexity index is 161. The van der Waals surface area contributed by atoms with Crippen LogP contribution in [0.2, 0.25) is 0 Å². The summed E-state index contributed by atoms with van der Waals surface area (Å²) in [5.41, 5.74) is 1.31. The molecule has 0 aromatic heterocycles. The van der Waals surface area contributed by atoms with Gasteiger partial charge < -0.3 is 5.32 Å². The fourth-order valence-corrected chi connectivity index (χ4v) is 3.63. The summed E-state index contributed by atoms with van der Waals surface area (Å²) in [6.07, 6.45) is 11.8. The predicted molar refractivity (Wildman–Crippen MR) is 45.5 cm³/mol. The highest BCUT2D eigenvalue weighted by Crippen LogP contribution is 2.54. The van der Waals surface area contributed by atoms with Crippen molar-refractivity contribution in [1.29, 1.82) is 0 Å². The first-order valence-electron chi connectivity index (χ1n) is 5.12. The standard InChI is InChI=1S/C10H17N/c1-2-4-9-6-7-10(8-9,11-9)5-3-1/h11H,1-8H2. The minimum absolute atomic E-state index is 0.653. The molecule has 62 valence electrons. The summed E-state index contributed by atoms with van der Waals surface area (Å²) in [6, 6.07) is 0. The van der Waals surface area contributed by atoms with Gasteiger partial charge in [-0.1, -0.05) is 19.3 Å². The van der Waals surface area contributed by atoms with Gasteiger partial charge in [0.1, 0.15) is 0 Å². The molecule has 3 heterocycles. The maximum absolute atomic E-state index is 3.85. The van der Waals surface area contributed by atoms with Crippen molar-refractivity contribution < 1.29 is 0 Å². The predicted octanol–water partition coefficient (Wildman–Crippen LogP) is 2.22. The zero-order chi connectivity index (χ0) is 7.36. The Morgan fingerprint density at radius 2 is 1.27 bits per heavy atom. The Balaban J connectivity index is 1.86. The van der Waals surface area contributed by atoms with Crippen molar-refractivity contribution >= 4 is 0 Å². The van der Waals surface area contributed by atoms with Crippen LogP contribution in [0.1, 0.15) is 51.4 Å². The van der Waals surface area contributed by atoms with Gasteiger partial charge in [0.2, 0.25) is 0 Å². The minimum atomic E-state index is 0.653. The second kappa shape index (κ2) is 1.82. The molecule has 2 atom stereocenters. The Morgan fingerprint density at radius 3 is 1.82 bits per heavy atom. The van der Waals surface area contributed by atoms with E-state index in [1.807, 2.05) is 0 Å². The van der Waals surface area contributed by atoms with E-state index in [-0.39, 0.29) is 0 Å². The van der Waals surface area contributed by atoms with Gasteiger partial charge in [0.15, 0.2) is 0 Å². The SMILES string of the molecule is C1CCC23CCC(CC1)(C2)N3. The molecule has 0 aromatic carbocycles. The number of hydrogen-bond donors (Lipinski definition) is 1. The van der Waals surface area contributed by atoms with E-state index in [1.165, 1.54) is 51.4 Å². The first-order chi connectivity index (χ1) is 5.33. The number of hydrogen-bond acceptors (Lipinski definition) is 1. The summed E-state index contributed by atoms with van der Waals surface area (Å²) < 4.78 is 0. The van der Waals surface area contributed by atoms with Gasteiger partial charge in [-0.25, -0.2) is 0 Å². The van der Waals surface area contributed by atoms with Gasteiger partial charge in [-0.2, -0.15) is 0 Å². The van der Waals surface area contributed by atoms with Crippen LogP contribution in [0.15, 0.2) is 0 Å². The van der Waals surface area contributed by atoms with E-state index in [4.69, 9.17) is 0 Å². The van der Waals surface area contributed by atoms with Crippen LogP contribution in [0.4, 0.5) is 0 Å². The second-order valence-electron chi connectivity index (χ2n) is 4.92. The summed E-state index contributed by atoms with van der Waals surface area (Å²) in [4.78, 5) is 0. The Hall–Kier alpha value is -0.0400. The van der Waals surface area contributed by atoms with E-state index in [0.717, 1.165) is 0 Å². The molecule has 5 aliphatic rings. The van der Waals surface area contributed by atoms with E-state index in [0.29, 0.717) is 11.1 Å². The highest BCUT2D eigenvalue weighted by atomic mass is 15.2. The Morgan fingerprint density at radius 1 is 0.727 bits per heavy atom. The van der Waals surface area contributed by atoms with Crippen LogP contribution < -0.4 is 5.32 Å². The lowest BCUT2D eigenvalue weighted by molar-refractivity contribution is 0.0907. The van der Waals surface area contributed by atoms with Gasteiger partial charge in [-0.05, 0) is 32.1 Å². The van der Waals surface area contributed by atoms with Crippen molar-refractivity contribution in [3.8, 4) is 0 Å². The monoisotopic (exact) mass is 151 g/mol. The lowest BCUT2D eigenvalue weighted by Crippen LogP contribution is -2.65. The molecular weight excluding hydrogens is 134 g/mol. The molecular formula is C10H17N. The molecule has 2 aliphatic carbocycles. The smallest absolute Gasteiger partial charge is 0.0204 e. The molecule has 0 radical (unpaired) electrons.